The van der Waals surface area contributed by atoms with Crippen LogP contribution in [0, 0.1) is 0 Å². The van der Waals surface area contributed by atoms with Gasteiger partial charge in [-0.3, -0.25) is 14.6 Å². The molecule has 1 unspecified atom stereocenters. The second-order valence-electron chi connectivity index (χ2n) is 9.50. The minimum atomic E-state index is -0.795. The molecule has 7 nitrogen and oxygen atoms in total. The fourth-order valence-electron chi connectivity index (χ4n) is 4.67. The van der Waals surface area contributed by atoms with Crippen LogP contribution in [0.3, 0.4) is 0 Å². The molecule has 0 saturated carbocycles. The van der Waals surface area contributed by atoms with Gasteiger partial charge in [-0.15, -0.1) is 0 Å². The van der Waals surface area contributed by atoms with E-state index in [4.69, 9.17) is 9.47 Å². The lowest BCUT2D eigenvalue weighted by molar-refractivity contribution is -0.140. The summed E-state index contributed by atoms with van der Waals surface area (Å²) in [4.78, 5) is 32.3. The molecule has 1 aliphatic rings. The van der Waals surface area contributed by atoms with E-state index in [2.05, 4.69) is 4.98 Å². The maximum absolute atomic E-state index is 13.4. The quantitative estimate of drug-likeness (QED) is 0.151. The monoisotopic (exact) mass is 534 g/mol. The Labute approximate surface area is 233 Å². The van der Waals surface area contributed by atoms with Gasteiger partial charge in [-0.25, -0.2) is 0 Å². The van der Waals surface area contributed by atoms with Gasteiger partial charge in [-0.2, -0.15) is 0 Å². The molecule has 1 aliphatic heterocycles. The summed E-state index contributed by atoms with van der Waals surface area (Å²) in [6.45, 7) is 3.13. The van der Waals surface area contributed by atoms with Crippen LogP contribution in [0.4, 0.5) is 0 Å². The number of pyridine rings is 1. The minimum absolute atomic E-state index is 0.0321. The fourth-order valence-corrected chi connectivity index (χ4v) is 4.67. The molecule has 1 aromatic heterocycles. The van der Waals surface area contributed by atoms with Gasteiger partial charge >= 0.3 is 0 Å². The lowest BCUT2D eigenvalue weighted by Gasteiger charge is -2.25. The van der Waals surface area contributed by atoms with Crippen LogP contribution in [0.5, 0.6) is 11.5 Å². The second-order valence-corrected chi connectivity index (χ2v) is 9.50. The number of rotatable bonds is 10. The van der Waals surface area contributed by atoms with Crippen molar-refractivity contribution >= 4 is 17.4 Å². The first-order chi connectivity index (χ1) is 19.5. The zero-order valence-electron chi connectivity index (χ0n) is 22.2. The molecule has 3 aromatic carbocycles. The van der Waals surface area contributed by atoms with E-state index in [0.717, 1.165) is 17.5 Å². The number of aliphatic hydroxyl groups excluding tert-OH is 1. The summed E-state index contributed by atoms with van der Waals surface area (Å²) in [6.07, 6.45) is 4.12. The number of nitrogens with zero attached hydrogens (tertiary/aromatic N) is 2. The molecule has 1 N–H and O–H groups in total. The number of ether oxygens (including phenoxy) is 2. The predicted molar refractivity (Wildman–Crippen MR) is 152 cm³/mol. The number of hydrogen-bond acceptors (Lipinski definition) is 6. The summed E-state index contributed by atoms with van der Waals surface area (Å²) >= 11 is 0. The van der Waals surface area contributed by atoms with Gasteiger partial charge < -0.3 is 19.5 Å². The summed E-state index contributed by atoms with van der Waals surface area (Å²) in [6, 6.07) is 26.8. The van der Waals surface area contributed by atoms with Gasteiger partial charge in [0.25, 0.3) is 11.7 Å². The molecule has 202 valence electrons. The number of carbonyl (C=O) groups excluding carboxylic acids is 2. The van der Waals surface area contributed by atoms with E-state index >= 15 is 0 Å². The van der Waals surface area contributed by atoms with E-state index in [9.17, 15) is 14.7 Å². The number of aliphatic hydroxyl groups is 1. The standard InChI is InChI=1S/C33H30N2O5/c1-2-19-39-28-10-6-9-26(20-28)31(36)29-30(35(33(38)32(29)37)21-23-15-17-34-18-16-23)25-11-13-27(14-12-25)40-22-24-7-4-3-5-8-24/h3-18,20,30,36H,2,19,21-22H2,1H3/b31-29+. The fraction of sp³-hybridized carbons (Fsp3) is 0.182. The van der Waals surface area contributed by atoms with E-state index < -0.39 is 17.7 Å². The highest BCUT2D eigenvalue weighted by Crippen LogP contribution is 2.41. The Morgan fingerprint density at radius 1 is 0.850 bits per heavy atom. The van der Waals surface area contributed by atoms with Crippen LogP contribution in [0.25, 0.3) is 5.76 Å². The Morgan fingerprint density at radius 3 is 2.33 bits per heavy atom. The highest BCUT2D eigenvalue weighted by atomic mass is 16.5. The average molecular weight is 535 g/mol. The highest BCUT2D eigenvalue weighted by molar-refractivity contribution is 6.46. The van der Waals surface area contributed by atoms with Crippen LogP contribution < -0.4 is 9.47 Å². The van der Waals surface area contributed by atoms with Crippen molar-refractivity contribution in [3.8, 4) is 11.5 Å². The molecule has 5 rings (SSSR count). The van der Waals surface area contributed by atoms with Crippen molar-refractivity contribution in [2.24, 2.45) is 0 Å². The van der Waals surface area contributed by atoms with Gasteiger partial charge in [0.15, 0.2) is 0 Å². The van der Waals surface area contributed by atoms with Crippen LogP contribution in [0.15, 0.2) is 109 Å². The summed E-state index contributed by atoms with van der Waals surface area (Å²) < 4.78 is 11.7. The molecule has 0 aliphatic carbocycles. The van der Waals surface area contributed by atoms with E-state index in [1.165, 1.54) is 4.90 Å². The van der Waals surface area contributed by atoms with Crippen molar-refractivity contribution in [1.29, 1.82) is 0 Å². The van der Waals surface area contributed by atoms with Crippen LogP contribution in [-0.2, 0) is 22.7 Å². The molecule has 0 radical (unpaired) electrons. The lowest BCUT2D eigenvalue weighted by Crippen LogP contribution is -2.29. The van der Waals surface area contributed by atoms with Crippen molar-refractivity contribution in [3.05, 3.63) is 131 Å². The molecular formula is C33H30N2O5. The molecule has 1 saturated heterocycles. The SMILES string of the molecule is CCCOc1cccc(/C(O)=C2\C(=O)C(=O)N(Cc3ccncc3)C2c2ccc(OCc3ccccc3)cc2)c1. The summed E-state index contributed by atoms with van der Waals surface area (Å²) in [7, 11) is 0. The molecule has 2 heterocycles. The summed E-state index contributed by atoms with van der Waals surface area (Å²) in [5.74, 6) is -0.424. The number of carbonyl (C=O) groups is 2. The molecule has 0 bridgehead atoms. The number of hydrogen-bond donors (Lipinski definition) is 1. The number of aromatic nitrogens is 1. The van der Waals surface area contributed by atoms with Gasteiger partial charge in [-0.1, -0.05) is 61.5 Å². The van der Waals surface area contributed by atoms with E-state index in [0.29, 0.717) is 35.8 Å². The lowest BCUT2D eigenvalue weighted by atomic mass is 9.95. The number of ketones is 1. The Morgan fingerprint density at radius 2 is 1.60 bits per heavy atom. The van der Waals surface area contributed by atoms with E-state index in [-0.39, 0.29) is 17.9 Å². The number of likely N-dealkylation sites (tertiary alicyclic amines) is 1. The van der Waals surface area contributed by atoms with Crippen molar-refractivity contribution in [2.75, 3.05) is 6.61 Å². The Balaban J connectivity index is 1.51. The van der Waals surface area contributed by atoms with Gasteiger partial charge in [0, 0.05) is 24.5 Å². The largest absolute Gasteiger partial charge is 0.507 e. The highest BCUT2D eigenvalue weighted by Gasteiger charge is 2.46. The van der Waals surface area contributed by atoms with Crippen LogP contribution >= 0.6 is 0 Å². The molecule has 1 amide bonds. The maximum atomic E-state index is 13.4. The Kier molecular flexibility index (Phi) is 8.21. The van der Waals surface area contributed by atoms with Crippen molar-refractivity contribution in [3.63, 3.8) is 0 Å². The maximum Gasteiger partial charge on any atom is 0.295 e. The molecule has 4 aromatic rings. The zero-order valence-corrected chi connectivity index (χ0v) is 22.2. The van der Waals surface area contributed by atoms with Crippen LogP contribution in [-0.4, -0.2) is 33.3 Å². The van der Waals surface area contributed by atoms with Crippen LogP contribution in [0.2, 0.25) is 0 Å². The molecule has 0 spiro atoms. The molecule has 7 heteroatoms. The predicted octanol–water partition coefficient (Wildman–Crippen LogP) is 6.07. The average Bonchev–Trinajstić information content (AvgIpc) is 3.25. The van der Waals surface area contributed by atoms with Crippen molar-refractivity contribution < 1.29 is 24.2 Å². The van der Waals surface area contributed by atoms with Crippen LogP contribution in [0.1, 0.15) is 41.6 Å². The molecule has 1 fully saturated rings. The second kappa shape index (κ2) is 12.3. The molecular weight excluding hydrogens is 504 g/mol. The third-order valence-electron chi connectivity index (χ3n) is 6.67. The Hall–Kier alpha value is -4.91. The normalized spacial score (nSPS) is 16.2. The zero-order chi connectivity index (χ0) is 27.9. The summed E-state index contributed by atoms with van der Waals surface area (Å²) in [5.41, 5.74) is 2.98. The first-order valence-corrected chi connectivity index (χ1v) is 13.2. The third kappa shape index (κ3) is 5.89. The van der Waals surface area contributed by atoms with E-state index in [1.807, 2.05) is 61.5 Å². The topological polar surface area (TPSA) is 89.0 Å². The number of Topliss-reactive ketones (excluding diaryl/α,β-unsaturated/α-hetero) is 1. The smallest absolute Gasteiger partial charge is 0.295 e. The Bertz CT molecular complexity index is 1500. The number of benzene rings is 3. The van der Waals surface area contributed by atoms with E-state index in [1.54, 1.807) is 48.8 Å². The number of amides is 1. The molecule has 1 atom stereocenters. The first-order valence-electron chi connectivity index (χ1n) is 13.2. The molecule has 40 heavy (non-hydrogen) atoms. The first kappa shape index (κ1) is 26.7. The third-order valence-corrected chi connectivity index (χ3v) is 6.67. The van der Waals surface area contributed by atoms with Gasteiger partial charge in [-0.05, 0) is 59.5 Å². The minimum Gasteiger partial charge on any atom is -0.507 e. The van der Waals surface area contributed by atoms with Crippen molar-refractivity contribution in [1.82, 2.24) is 9.88 Å². The summed E-state index contributed by atoms with van der Waals surface area (Å²) in [5, 5.41) is 11.4. The van der Waals surface area contributed by atoms with Gasteiger partial charge in [0.2, 0.25) is 0 Å². The van der Waals surface area contributed by atoms with Crippen molar-refractivity contribution in [2.45, 2.75) is 32.5 Å². The van der Waals surface area contributed by atoms with Gasteiger partial charge in [0.1, 0.15) is 23.9 Å². The van der Waals surface area contributed by atoms with Gasteiger partial charge in [0.05, 0.1) is 18.2 Å².